The van der Waals surface area contributed by atoms with E-state index in [-0.39, 0.29) is 18.1 Å². The van der Waals surface area contributed by atoms with E-state index in [0.717, 1.165) is 22.4 Å². The molecule has 4 aromatic rings. The number of carbonyl (C=O) groups excluding carboxylic acids is 1. The molecule has 0 N–H and O–H groups in total. The quantitative estimate of drug-likeness (QED) is 0.145. The van der Waals surface area contributed by atoms with Gasteiger partial charge in [-0.05, 0) is 90.1 Å². The Morgan fingerprint density at radius 3 is 2.43 bits per heavy atom. The fourth-order valence-electron chi connectivity index (χ4n) is 4.49. The van der Waals surface area contributed by atoms with Gasteiger partial charge in [-0.1, -0.05) is 26.0 Å². The highest BCUT2D eigenvalue weighted by Gasteiger charge is 2.21. The van der Waals surface area contributed by atoms with E-state index in [1.54, 1.807) is 51.4 Å². The summed E-state index contributed by atoms with van der Waals surface area (Å²) >= 11 is 3.56. The molecule has 9 nitrogen and oxygen atoms in total. The lowest BCUT2D eigenvalue weighted by Crippen LogP contribution is -2.26. The smallest absolute Gasteiger partial charge is 0.347 e. The summed E-state index contributed by atoms with van der Waals surface area (Å²) in [6.45, 7) is 9.71. The SMILES string of the molecule is CCOC(=O)[C@H](C)Oc1cc(Br)c(C=Nn2c(-c3cc(C(C)C)c(OC)cc3C)nc3ccccc3c2=O)cc1OC. The molecule has 1 atom stereocenters. The van der Waals surface area contributed by atoms with E-state index in [1.165, 1.54) is 11.8 Å². The van der Waals surface area contributed by atoms with E-state index in [1.807, 2.05) is 31.2 Å². The fraction of sp³-hybridized carbons (Fsp3) is 0.312. The monoisotopic (exact) mass is 635 g/mol. The highest BCUT2D eigenvalue weighted by atomic mass is 79.9. The zero-order chi connectivity index (χ0) is 30.6. The molecule has 0 aliphatic rings. The Morgan fingerprint density at radius 1 is 1.05 bits per heavy atom. The van der Waals surface area contributed by atoms with Crippen molar-refractivity contribution in [3.8, 4) is 28.6 Å². The van der Waals surface area contributed by atoms with Crippen molar-refractivity contribution in [1.29, 1.82) is 0 Å². The van der Waals surface area contributed by atoms with Gasteiger partial charge in [0.25, 0.3) is 5.56 Å². The molecule has 0 bridgehead atoms. The predicted molar refractivity (Wildman–Crippen MR) is 167 cm³/mol. The Balaban J connectivity index is 1.85. The molecular weight excluding hydrogens is 602 g/mol. The molecule has 0 amide bonds. The van der Waals surface area contributed by atoms with Crippen molar-refractivity contribution in [3.05, 3.63) is 80.0 Å². The van der Waals surface area contributed by atoms with Crippen molar-refractivity contribution >= 4 is 39.0 Å². The van der Waals surface area contributed by atoms with Crippen molar-refractivity contribution in [2.24, 2.45) is 5.10 Å². The number of hydrogen-bond acceptors (Lipinski definition) is 8. The van der Waals surface area contributed by atoms with Gasteiger partial charge in [0.1, 0.15) is 5.75 Å². The van der Waals surface area contributed by atoms with Crippen LogP contribution in [0.15, 0.2) is 62.9 Å². The number of nitrogens with zero attached hydrogens (tertiary/aromatic N) is 3. The maximum absolute atomic E-state index is 13.8. The minimum absolute atomic E-state index is 0.180. The second-order valence-corrected chi connectivity index (χ2v) is 10.8. The van der Waals surface area contributed by atoms with Crippen LogP contribution in [0, 0.1) is 6.92 Å². The number of halogens is 1. The van der Waals surface area contributed by atoms with Gasteiger partial charge in [-0.25, -0.2) is 9.78 Å². The Bertz CT molecular complexity index is 1710. The summed E-state index contributed by atoms with van der Waals surface area (Å²) < 4.78 is 23.9. The standard InChI is InChI=1S/C32H34BrN3O6/c1-8-41-32(38)20(5)42-29-16-25(33)21(14-28(29)40-7)17-34-36-30(35-26-12-10-9-11-22(26)31(36)37)24-15-23(18(2)3)27(39-6)13-19(24)4/h9-18,20H,8H2,1-7H3/t20-/m0/s1. The van der Waals surface area contributed by atoms with Crippen molar-refractivity contribution in [2.45, 2.75) is 46.6 Å². The van der Waals surface area contributed by atoms with Gasteiger partial charge in [-0.3, -0.25) is 4.79 Å². The molecule has 10 heteroatoms. The lowest BCUT2D eigenvalue weighted by molar-refractivity contribution is -0.150. The van der Waals surface area contributed by atoms with Gasteiger partial charge in [-0.15, -0.1) is 0 Å². The van der Waals surface area contributed by atoms with Gasteiger partial charge in [0, 0.05) is 15.6 Å². The van der Waals surface area contributed by atoms with Crippen LogP contribution in [-0.4, -0.2) is 48.8 Å². The number of esters is 1. The molecule has 3 aromatic carbocycles. The van der Waals surface area contributed by atoms with Crippen LogP contribution >= 0.6 is 15.9 Å². The van der Waals surface area contributed by atoms with Crippen LogP contribution in [0.2, 0.25) is 0 Å². The molecule has 1 heterocycles. The predicted octanol–water partition coefficient (Wildman–Crippen LogP) is 6.49. The summed E-state index contributed by atoms with van der Waals surface area (Å²) in [7, 11) is 3.15. The van der Waals surface area contributed by atoms with Crippen molar-refractivity contribution in [3.63, 3.8) is 0 Å². The molecule has 0 aliphatic carbocycles. The van der Waals surface area contributed by atoms with E-state index < -0.39 is 12.1 Å². The van der Waals surface area contributed by atoms with Gasteiger partial charge in [0.2, 0.25) is 0 Å². The molecule has 220 valence electrons. The number of hydrogen-bond donors (Lipinski definition) is 0. The molecule has 0 saturated carbocycles. The minimum atomic E-state index is -0.835. The number of fused-ring (bicyclic) bond motifs is 1. The van der Waals surface area contributed by atoms with Gasteiger partial charge in [0.15, 0.2) is 23.4 Å². The lowest BCUT2D eigenvalue weighted by Gasteiger charge is -2.18. The summed E-state index contributed by atoms with van der Waals surface area (Å²) in [5, 5.41) is 5.07. The van der Waals surface area contributed by atoms with Crippen LogP contribution in [0.1, 0.15) is 50.3 Å². The number of methoxy groups -OCH3 is 2. The molecule has 0 unspecified atom stereocenters. The highest BCUT2D eigenvalue weighted by Crippen LogP contribution is 2.35. The van der Waals surface area contributed by atoms with Crippen LogP contribution in [-0.2, 0) is 9.53 Å². The summed E-state index contributed by atoms with van der Waals surface area (Å²) in [6.07, 6.45) is 0.716. The number of carbonyl (C=O) groups is 1. The van der Waals surface area contributed by atoms with E-state index in [9.17, 15) is 9.59 Å². The van der Waals surface area contributed by atoms with Crippen LogP contribution in [0.3, 0.4) is 0 Å². The number of benzene rings is 3. The summed E-state index contributed by atoms with van der Waals surface area (Å²) in [5.41, 5.74) is 3.54. The summed E-state index contributed by atoms with van der Waals surface area (Å²) in [4.78, 5) is 30.7. The Kier molecular flexibility index (Phi) is 9.67. The van der Waals surface area contributed by atoms with Crippen LogP contribution in [0.4, 0.5) is 0 Å². The third-order valence-electron chi connectivity index (χ3n) is 6.71. The van der Waals surface area contributed by atoms with Crippen molar-refractivity contribution < 1.29 is 23.7 Å². The lowest BCUT2D eigenvalue weighted by atomic mass is 9.96. The van der Waals surface area contributed by atoms with Crippen molar-refractivity contribution in [1.82, 2.24) is 9.66 Å². The van der Waals surface area contributed by atoms with Gasteiger partial charge < -0.3 is 18.9 Å². The third-order valence-corrected chi connectivity index (χ3v) is 7.40. The van der Waals surface area contributed by atoms with Crippen LogP contribution in [0.25, 0.3) is 22.3 Å². The Hall–Kier alpha value is -4.18. The highest BCUT2D eigenvalue weighted by molar-refractivity contribution is 9.10. The molecule has 0 radical (unpaired) electrons. The number of ether oxygens (including phenoxy) is 4. The second kappa shape index (κ2) is 13.2. The van der Waals surface area contributed by atoms with Crippen LogP contribution in [0.5, 0.6) is 17.2 Å². The first-order valence-corrected chi connectivity index (χ1v) is 14.3. The normalized spacial score (nSPS) is 12.1. The fourth-order valence-corrected chi connectivity index (χ4v) is 4.92. The molecule has 0 saturated heterocycles. The maximum Gasteiger partial charge on any atom is 0.347 e. The Labute approximate surface area is 253 Å². The van der Waals surface area contributed by atoms with Crippen molar-refractivity contribution in [2.75, 3.05) is 20.8 Å². The number of para-hydroxylation sites is 1. The molecule has 1 aromatic heterocycles. The van der Waals surface area contributed by atoms with E-state index in [0.29, 0.717) is 38.3 Å². The summed E-state index contributed by atoms with van der Waals surface area (Å²) in [6, 6.07) is 14.5. The topological polar surface area (TPSA) is 101 Å². The van der Waals surface area contributed by atoms with Crippen LogP contribution < -0.4 is 19.8 Å². The first-order valence-electron chi connectivity index (χ1n) is 13.5. The van der Waals surface area contributed by atoms with E-state index in [2.05, 4.69) is 34.9 Å². The minimum Gasteiger partial charge on any atom is -0.496 e. The Morgan fingerprint density at radius 2 is 1.76 bits per heavy atom. The molecule has 0 spiro atoms. The molecule has 0 fully saturated rings. The third kappa shape index (κ3) is 6.33. The van der Waals surface area contributed by atoms with Gasteiger partial charge >= 0.3 is 5.97 Å². The van der Waals surface area contributed by atoms with E-state index >= 15 is 0 Å². The zero-order valence-electron chi connectivity index (χ0n) is 24.7. The number of aryl methyl sites for hydroxylation is 1. The average Bonchev–Trinajstić information content (AvgIpc) is 2.97. The zero-order valence-corrected chi connectivity index (χ0v) is 26.3. The van der Waals surface area contributed by atoms with Gasteiger partial charge in [-0.2, -0.15) is 9.78 Å². The second-order valence-electron chi connectivity index (χ2n) is 9.91. The van der Waals surface area contributed by atoms with E-state index in [4.69, 9.17) is 23.9 Å². The number of rotatable bonds is 10. The number of aromatic nitrogens is 2. The van der Waals surface area contributed by atoms with Gasteiger partial charge in [0.05, 0.1) is 37.9 Å². The first-order chi connectivity index (χ1) is 20.1. The molecule has 4 rings (SSSR count). The molecule has 42 heavy (non-hydrogen) atoms. The maximum atomic E-state index is 13.8. The largest absolute Gasteiger partial charge is 0.496 e. The molecule has 0 aliphatic heterocycles. The summed E-state index contributed by atoms with van der Waals surface area (Å²) in [5.74, 6) is 1.61. The first kappa shape index (κ1) is 30.8. The average molecular weight is 637 g/mol. The molecular formula is C32H34BrN3O6.